The molecule has 0 radical (unpaired) electrons. The van der Waals surface area contributed by atoms with Crippen molar-refractivity contribution in [3.05, 3.63) is 48.0 Å². The number of anilines is 1. The van der Waals surface area contributed by atoms with Gasteiger partial charge in [0.2, 0.25) is 10.0 Å². The van der Waals surface area contributed by atoms with Crippen molar-refractivity contribution in [1.29, 1.82) is 0 Å². The lowest BCUT2D eigenvalue weighted by molar-refractivity contribution is -0.137. The van der Waals surface area contributed by atoms with Crippen molar-refractivity contribution in [3.63, 3.8) is 0 Å². The number of benzene rings is 1. The maximum absolute atomic E-state index is 12.7. The molecule has 1 heterocycles. The van der Waals surface area contributed by atoms with Gasteiger partial charge in [0.25, 0.3) is 0 Å². The minimum atomic E-state index is -3.69. The summed E-state index contributed by atoms with van der Waals surface area (Å²) in [5, 5.41) is 12.3. The lowest BCUT2D eigenvalue weighted by Gasteiger charge is -2.05. The van der Waals surface area contributed by atoms with Crippen LogP contribution in [0.25, 0.3) is 0 Å². The number of sulfonamides is 1. The van der Waals surface area contributed by atoms with Crippen molar-refractivity contribution in [2.45, 2.75) is 12.3 Å². The molecule has 0 atom stereocenters. The summed E-state index contributed by atoms with van der Waals surface area (Å²) in [6.45, 7) is -0.361. The van der Waals surface area contributed by atoms with Gasteiger partial charge in [-0.3, -0.25) is 14.2 Å². The summed E-state index contributed by atoms with van der Waals surface area (Å²) in [5.74, 6) is -1.85. The summed E-state index contributed by atoms with van der Waals surface area (Å²) in [4.78, 5) is 10.5. The van der Waals surface area contributed by atoms with Gasteiger partial charge in [0.15, 0.2) is 0 Å². The zero-order valence-corrected chi connectivity index (χ0v) is 11.5. The first-order valence-corrected chi connectivity index (χ1v) is 7.48. The number of carboxylic acids is 1. The van der Waals surface area contributed by atoms with E-state index < -0.39 is 21.8 Å². The molecule has 0 aliphatic carbocycles. The monoisotopic (exact) mass is 313 g/mol. The van der Waals surface area contributed by atoms with Crippen molar-refractivity contribution < 1.29 is 22.7 Å². The maximum Gasteiger partial charge on any atom is 0.325 e. The highest BCUT2D eigenvalue weighted by molar-refractivity contribution is 7.91. The van der Waals surface area contributed by atoms with Gasteiger partial charge < -0.3 is 5.11 Å². The Hall–Kier alpha value is -2.42. The van der Waals surface area contributed by atoms with Crippen LogP contribution in [0.15, 0.2) is 36.7 Å². The van der Waals surface area contributed by atoms with Crippen LogP contribution in [0.1, 0.15) is 5.56 Å². The Balaban J connectivity index is 2.05. The number of aromatic nitrogens is 2. The maximum atomic E-state index is 12.7. The molecule has 1 aromatic heterocycles. The van der Waals surface area contributed by atoms with Crippen LogP contribution in [0.5, 0.6) is 0 Å². The molecule has 0 unspecified atom stereocenters. The fourth-order valence-corrected chi connectivity index (χ4v) is 2.82. The number of carbonyl (C=O) groups is 1. The Kier molecular flexibility index (Phi) is 4.22. The van der Waals surface area contributed by atoms with Crippen molar-refractivity contribution in [2.24, 2.45) is 0 Å². The third kappa shape index (κ3) is 4.56. The van der Waals surface area contributed by atoms with Gasteiger partial charge in [-0.25, -0.2) is 12.8 Å². The summed E-state index contributed by atoms with van der Waals surface area (Å²) in [7, 11) is -3.69. The third-order valence-electron chi connectivity index (χ3n) is 2.47. The van der Waals surface area contributed by atoms with Crippen molar-refractivity contribution in [3.8, 4) is 0 Å². The van der Waals surface area contributed by atoms with E-state index in [1.807, 2.05) is 0 Å². The normalized spacial score (nSPS) is 11.3. The average molecular weight is 313 g/mol. The van der Waals surface area contributed by atoms with Crippen LogP contribution < -0.4 is 4.72 Å². The molecule has 0 fully saturated rings. The van der Waals surface area contributed by atoms with Gasteiger partial charge in [0.1, 0.15) is 12.4 Å². The number of aliphatic carboxylic acids is 1. The lowest BCUT2D eigenvalue weighted by Crippen LogP contribution is -2.15. The summed E-state index contributed by atoms with van der Waals surface area (Å²) in [6, 6.07) is 5.11. The van der Waals surface area contributed by atoms with E-state index in [0.717, 1.165) is 4.68 Å². The third-order valence-corrected chi connectivity index (χ3v) is 3.73. The summed E-state index contributed by atoms with van der Waals surface area (Å²) in [6.07, 6.45) is 2.49. The van der Waals surface area contributed by atoms with Gasteiger partial charge in [-0.05, 0) is 17.7 Å². The van der Waals surface area contributed by atoms with E-state index in [-0.39, 0.29) is 18.0 Å². The van der Waals surface area contributed by atoms with Crippen molar-refractivity contribution in [1.82, 2.24) is 9.78 Å². The van der Waals surface area contributed by atoms with Gasteiger partial charge in [-0.1, -0.05) is 12.1 Å². The molecule has 0 saturated heterocycles. The second-order valence-electron chi connectivity index (χ2n) is 4.31. The van der Waals surface area contributed by atoms with Crippen LogP contribution in [-0.4, -0.2) is 29.3 Å². The minimum Gasteiger partial charge on any atom is -0.480 e. The number of carboxylic acid groups (broad SMARTS) is 1. The van der Waals surface area contributed by atoms with E-state index in [1.54, 1.807) is 0 Å². The zero-order chi connectivity index (χ0) is 15.5. The van der Waals surface area contributed by atoms with E-state index in [4.69, 9.17) is 5.11 Å². The summed E-state index contributed by atoms with van der Waals surface area (Å²) in [5.41, 5.74) is 0.597. The number of hydrogen-bond acceptors (Lipinski definition) is 4. The molecule has 2 N–H and O–H groups in total. The largest absolute Gasteiger partial charge is 0.480 e. The highest BCUT2D eigenvalue weighted by Gasteiger charge is 2.13. The van der Waals surface area contributed by atoms with Gasteiger partial charge in [0, 0.05) is 6.20 Å². The van der Waals surface area contributed by atoms with Gasteiger partial charge in [-0.15, -0.1) is 0 Å². The van der Waals surface area contributed by atoms with Crippen LogP contribution in [0.4, 0.5) is 10.1 Å². The number of nitrogens with one attached hydrogen (secondary N) is 1. The quantitative estimate of drug-likeness (QED) is 0.830. The lowest BCUT2D eigenvalue weighted by atomic mass is 10.2. The van der Waals surface area contributed by atoms with Crippen LogP contribution in [-0.2, 0) is 27.1 Å². The Morgan fingerprint density at radius 2 is 2.00 bits per heavy atom. The predicted molar refractivity (Wildman–Crippen MR) is 72.5 cm³/mol. The first kappa shape index (κ1) is 15.0. The molecular formula is C12H12FN3O4S. The molecule has 0 bridgehead atoms. The highest BCUT2D eigenvalue weighted by atomic mass is 32.2. The topological polar surface area (TPSA) is 101 Å². The van der Waals surface area contributed by atoms with E-state index in [9.17, 15) is 17.6 Å². The van der Waals surface area contributed by atoms with Crippen molar-refractivity contribution >= 4 is 21.7 Å². The molecule has 0 saturated carbocycles. The van der Waals surface area contributed by atoms with Gasteiger partial charge >= 0.3 is 5.97 Å². The van der Waals surface area contributed by atoms with Gasteiger partial charge in [-0.2, -0.15) is 5.10 Å². The molecule has 112 valence electrons. The van der Waals surface area contributed by atoms with Crippen LogP contribution in [0.3, 0.4) is 0 Å². The van der Waals surface area contributed by atoms with Crippen LogP contribution in [0.2, 0.25) is 0 Å². The Labute approximate surface area is 120 Å². The molecule has 21 heavy (non-hydrogen) atoms. The standard InChI is InChI=1S/C12H12FN3O4S/c13-10-3-1-9(2-4-10)8-21(19,20)15-11-5-14-16(6-11)7-12(17)18/h1-6,15H,7-8H2,(H,17,18). The highest BCUT2D eigenvalue weighted by Crippen LogP contribution is 2.12. The van der Waals surface area contributed by atoms with Crippen LogP contribution in [0, 0.1) is 5.82 Å². The Morgan fingerprint density at radius 3 is 2.62 bits per heavy atom. The van der Waals surface area contributed by atoms with Gasteiger partial charge in [0.05, 0.1) is 17.6 Å². The minimum absolute atomic E-state index is 0.165. The van der Waals surface area contributed by atoms with E-state index in [1.165, 1.54) is 36.7 Å². The smallest absolute Gasteiger partial charge is 0.325 e. The molecule has 0 spiro atoms. The number of nitrogens with zero attached hydrogens (tertiary/aromatic N) is 2. The molecule has 1 aromatic carbocycles. The molecule has 0 aliphatic heterocycles. The number of rotatable bonds is 6. The van der Waals surface area contributed by atoms with E-state index >= 15 is 0 Å². The van der Waals surface area contributed by atoms with Crippen LogP contribution >= 0.6 is 0 Å². The summed E-state index contributed by atoms with van der Waals surface area (Å²) < 4.78 is 40.0. The molecule has 7 nitrogen and oxygen atoms in total. The fraction of sp³-hybridized carbons (Fsp3) is 0.167. The van der Waals surface area contributed by atoms with Crippen molar-refractivity contribution in [2.75, 3.05) is 4.72 Å². The predicted octanol–water partition coefficient (Wildman–Crippen LogP) is 1.05. The molecule has 0 amide bonds. The molecule has 2 rings (SSSR count). The number of hydrogen-bond donors (Lipinski definition) is 2. The average Bonchev–Trinajstić information content (AvgIpc) is 2.77. The summed E-state index contributed by atoms with van der Waals surface area (Å²) >= 11 is 0. The Morgan fingerprint density at radius 1 is 1.33 bits per heavy atom. The second-order valence-corrected chi connectivity index (χ2v) is 6.03. The molecule has 9 heteroatoms. The molecule has 2 aromatic rings. The first-order chi connectivity index (χ1) is 9.84. The zero-order valence-electron chi connectivity index (χ0n) is 10.7. The first-order valence-electron chi connectivity index (χ1n) is 5.83. The molecular weight excluding hydrogens is 301 g/mol. The fourth-order valence-electron chi connectivity index (χ4n) is 1.66. The van der Waals surface area contributed by atoms with E-state index in [0.29, 0.717) is 5.56 Å². The molecule has 0 aliphatic rings. The number of halogens is 1. The second kappa shape index (κ2) is 5.92. The van der Waals surface area contributed by atoms with E-state index in [2.05, 4.69) is 9.82 Å². The Bertz CT molecular complexity index is 740. The SMILES string of the molecule is O=C(O)Cn1cc(NS(=O)(=O)Cc2ccc(F)cc2)cn1.